The van der Waals surface area contributed by atoms with Gasteiger partial charge in [0.05, 0.1) is 12.7 Å². The molecular weight excluding hydrogens is 318 g/mol. The second-order valence-electron chi connectivity index (χ2n) is 6.41. The molecule has 5 nitrogen and oxygen atoms in total. The quantitative estimate of drug-likeness (QED) is 0.845. The molecule has 0 radical (unpaired) electrons. The van der Waals surface area contributed by atoms with Crippen molar-refractivity contribution in [3.8, 4) is 5.75 Å². The fourth-order valence-electron chi connectivity index (χ4n) is 3.18. The van der Waals surface area contributed by atoms with Crippen LogP contribution in [-0.4, -0.2) is 46.9 Å². The van der Waals surface area contributed by atoms with Gasteiger partial charge >= 0.3 is 5.97 Å². The molecule has 1 heterocycles. The minimum absolute atomic E-state index is 0.0496. The first-order chi connectivity index (χ1) is 12.1. The second kappa shape index (κ2) is 8.14. The highest BCUT2D eigenvalue weighted by atomic mass is 16.5. The Hall–Kier alpha value is -2.37. The summed E-state index contributed by atoms with van der Waals surface area (Å²) in [5.41, 5.74) is 2.15. The maximum Gasteiger partial charge on any atom is 0.339 e. The summed E-state index contributed by atoms with van der Waals surface area (Å²) in [5.74, 6) is -1.30. The molecule has 5 heteroatoms. The number of carboxylic acid groups (broad SMARTS) is 1. The molecule has 1 aliphatic rings. The number of morpholine rings is 1. The monoisotopic (exact) mass is 341 g/mol. The zero-order valence-corrected chi connectivity index (χ0v) is 14.1. The zero-order valence-electron chi connectivity index (χ0n) is 14.1. The molecule has 0 bridgehead atoms. The van der Waals surface area contributed by atoms with Crippen molar-refractivity contribution in [1.82, 2.24) is 4.90 Å². The number of ether oxygens (including phenoxy) is 1. The van der Waals surface area contributed by atoms with Gasteiger partial charge in [0.2, 0.25) is 0 Å². The average Bonchev–Trinajstić information content (AvgIpc) is 2.63. The lowest BCUT2D eigenvalue weighted by molar-refractivity contribution is -0.0345. The summed E-state index contributed by atoms with van der Waals surface area (Å²) in [5, 5.41) is 18.7. The number of nitrogens with zero attached hydrogens (tertiary/aromatic N) is 1. The standard InChI is InChI=1S/C20H23NO4/c22-19-9-7-16(12-18(19)20(23)24)13-21-10-11-25-17(14-21)8-6-15-4-2-1-3-5-15/h1-5,7,9,12,17,22H,6,8,10-11,13-14H2,(H,23,24)/t17-/m0/s1. The molecule has 1 aliphatic heterocycles. The Bertz CT molecular complexity index is 717. The molecule has 0 saturated carbocycles. The number of aromatic hydroxyl groups is 1. The van der Waals surface area contributed by atoms with Gasteiger partial charge in [0.15, 0.2) is 0 Å². The Morgan fingerprint density at radius 3 is 2.72 bits per heavy atom. The summed E-state index contributed by atoms with van der Waals surface area (Å²) < 4.78 is 5.87. The molecule has 1 saturated heterocycles. The van der Waals surface area contributed by atoms with Crippen molar-refractivity contribution in [3.05, 3.63) is 65.2 Å². The summed E-state index contributed by atoms with van der Waals surface area (Å²) in [7, 11) is 0. The van der Waals surface area contributed by atoms with Crippen molar-refractivity contribution in [2.24, 2.45) is 0 Å². The Morgan fingerprint density at radius 2 is 1.96 bits per heavy atom. The predicted molar refractivity (Wildman–Crippen MR) is 94.8 cm³/mol. The fraction of sp³-hybridized carbons (Fsp3) is 0.350. The van der Waals surface area contributed by atoms with Crippen LogP contribution in [0.4, 0.5) is 0 Å². The van der Waals surface area contributed by atoms with Crippen LogP contribution in [0, 0.1) is 0 Å². The van der Waals surface area contributed by atoms with E-state index in [2.05, 4.69) is 17.0 Å². The lowest BCUT2D eigenvalue weighted by atomic mass is 10.0. The van der Waals surface area contributed by atoms with Crippen LogP contribution in [0.15, 0.2) is 48.5 Å². The van der Waals surface area contributed by atoms with Gasteiger partial charge in [0.25, 0.3) is 0 Å². The molecule has 2 N–H and O–H groups in total. The van der Waals surface area contributed by atoms with Crippen LogP contribution >= 0.6 is 0 Å². The van der Waals surface area contributed by atoms with E-state index in [0.717, 1.165) is 31.5 Å². The third-order valence-corrected chi connectivity index (χ3v) is 4.52. The molecule has 0 aromatic heterocycles. The van der Waals surface area contributed by atoms with E-state index in [4.69, 9.17) is 9.84 Å². The highest BCUT2D eigenvalue weighted by molar-refractivity contribution is 5.90. The number of aryl methyl sites for hydroxylation is 1. The van der Waals surface area contributed by atoms with Crippen LogP contribution in [0.5, 0.6) is 5.75 Å². The van der Waals surface area contributed by atoms with E-state index in [1.165, 1.54) is 11.6 Å². The fourth-order valence-corrected chi connectivity index (χ4v) is 3.18. The van der Waals surface area contributed by atoms with Crippen molar-refractivity contribution < 1.29 is 19.7 Å². The van der Waals surface area contributed by atoms with Gasteiger partial charge in [0.1, 0.15) is 11.3 Å². The van der Waals surface area contributed by atoms with Gasteiger partial charge in [-0.3, -0.25) is 4.90 Å². The first-order valence-electron chi connectivity index (χ1n) is 8.55. The summed E-state index contributed by atoms with van der Waals surface area (Å²) in [4.78, 5) is 13.4. The molecule has 0 spiro atoms. The third-order valence-electron chi connectivity index (χ3n) is 4.52. The Morgan fingerprint density at radius 1 is 1.16 bits per heavy atom. The van der Waals surface area contributed by atoms with Crippen molar-refractivity contribution in [3.63, 3.8) is 0 Å². The van der Waals surface area contributed by atoms with Gasteiger partial charge in [-0.1, -0.05) is 36.4 Å². The second-order valence-corrected chi connectivity index (χ2v) is 6.41. The summed E-state index contributed by atoms with van der Waals surface area (Å²) in [6.45, 7) is 3.00. The number of hydrogen-bond donors (Lipinski definition) is 2. The van der Waals surface area contributed by atoms with Gasteiger partial charge < -0.3 is 14.9 Å². The van der Waals surface area contributed by atoms with Gasteiger partial charge in [-0.15, -0.1) is 0 Å². The van der Waals surface area contributed by atoms with Crippen LogP contribution < -0.4 is 0 Å². The summed E-state index contributed by atoms with van der Waals surface area (Å²) in [6, 6.07) is 15.1. The third kappa shape index (κ3) is 4.81. The minimum atomic E-state index is -1.11. The number of rotatable bonds is 6. The van der Waals surface area contributed by atoms with Crippen LogP contribution in [0.3, 0.4) is 0 Å². The molecule has 1 fully saturated rings. The van der Waals surface area contributed by atoms with E-state index in [9.17, 15) is 9.90 Å². The highest BCUT2D eigenvalue weighted by Gasteiger charge is 2.21. The number of hydrogen-bond acceptors (Lipinski definition) is 4. The number of phenols is 1. The zero-order chi connectivity index (χ0) is 17.6. The van der Waals surface area contributed by atoms with Crippen LogP contribution in [0.1, 0.15) is 27.9 Å². The Balaban J connectivity index is 1.56. The molecule has 3 rings (SSSR count). The first kappa shape index (κ1) is 17.5. The molecule has 132 valence electrons. The molecule has 0 unspecified atom stereocenters. The van der Waals surface area contributed by atoms with E-state index in [1.807, 2.05) is 18.2 Å². The maximum absolute atomic E-state index is 11.1. The maximum atomic E-state index is 11.1. The lowest BCUT2D eigenvalue weighted by Crippen LogP contribution is -2.42. The molecule has 1 atom stereocenters. The molecule has 0 aliphatic carbocycles. The van der Waals surface area contributed by atoms with Crippen molar-refractivity contribution in [1.29, 1.82) is 0 Å². The summed E-state index contributed by atoms with van der Waals surface area (Å²) >= 11 is 0. The van der Waals surface area contributed by atoms with E-state index < -0.39 is 5.97 Å². The predicted octanol–water partition coefficient (Wildman–Crippen LogP) is 2.92. The van der Waals surface area contributed by atoms with E-state index in [0.29, 0.717) is 13.2 Å². The number of carboxylic acids is 1. The van der Waals surface area contributed by atoms with Crippen molar-refractivity contribution in [2.45, 2.75) is 25.5 Å². The Kier molecular flexibility index (Phi) is 5.68. The van der Waals surface area contributed by atoms with Crippen LogP contribution in [-0.2, 0) is 17.7 Å². The van der Waals surface area contributed by atoms with E-state index in [1.54, 1.807) is 12.1 Å². The SMILES string of the molecule is O=C(O)c1cc(CN2CCO[C@@H](CCc3ccccc3)C2)ccc1O. The minimum Gasteiger partial charge on any atom is -0.507 e. The molecule has 2 aromatic rings. The topological polar surface area (TPSA) is 70.0 Å². The van der Waals surface area contributed by atoms with E-state index >= 15 is 0 Å². The normalized spacial score (nSPS) is 18.2. The molecule has 2 aromatic carbocycles. The van der Waals surface area contributed by atoms with Gasteiger partial charge in [0, 0.05) is 19.6 Å². The van der Waals surface area contributed by atoms with Crippen molar-refractivity contribution in [2.75, 3.05) is 19.7 Å². The van der Waals surface area contributed by atoms with Crippen molar-refractivity contribution >= 4 is 5.97 Å². The number of benzene rings is 2. The summed E-state index contributed by atoms with van der Waals surface area (Å²) in [6.07, 6.45) is 2.14. The van der Waals surface area contributed by atoms with Crippen LogP contribution in [0.25, 0.3) is 0 Å². The smallest absolute Gasteiger partial charge is 0.339 e. The van der Waals surface area contributed by atoms with Gasteiger partial charge in [-0.2, -0.15) is 0 Å². The molecular formula is C20H23NO4. The van der Waals surface area contributed by atoms with Gasteiger partial charge in [-0.05, 0) is 36.1 Å². The highest BCUT2D eigenvalue weighted by Crippen LogP contribution is 2.21. The molecule has 0 amide bonds. The van der Waals surface area contributed by atoms with Crippen LogP contribution in [0.2, 0.25) is 0 Å². The van der Waals surface area contributed by atoms with E-state index in [-0.39, 0.29) is 17.4 Å². The Labute approximate surface area is 147 Å². The first-order valence-corrected chi connectivity index (χ1v) is 8.55. The average molecular weight is 341 g/mol. The number of carbonyl (C=O) groups is 1. The molecule has 25 heavy (non-hydrogen) atoms. The van der Waals surface area contributed by atoms with Gasteiger partial charge in [-0.25, -0.2) is 4.79 Å². The largest absolute Gasteiger partial charge is 0.507 e. The lowest BCUT2D eigenvalue weighted by Gasteiger charge is -2.33. The number of aromatic carboxylic acids is 1.